The Morgan fingerprint density at radius 1 is 0.857 bits per heavy atom. The number of benzene rings is 2. The lowest BCUT2D eigenvalue weighted by molar-refractivity contribution is 0.148. The molecule has 21 heavy (non-hydrogen) atoms. The van der Waals surface area contributed by atoms with E-state index in [4.69, 9.17) is 0 Å². The molecular weight excluding hydrogens is 256 g/mol. The Morgan fingerprint density at radius 3 is 2.29 bits per heavy atom. The molecule has 0 spiro atoms. The van der Waals surface area contributed by atoms with E-state index in [0.29, 0.717) is 0 Å². The quantitative estimate of drug-likeness (QED) is 0.850. The summed E-state index contributed by atoms with van der Waals surface area (Å²) in [6.07, 6.45) is 0. The van der Waals surface area contributed by atoms with Gasteiger partial charge in [-0.05, 0) is 36.7 Å². The molecule has 1 saturated heterocycles. The monoisotopic (exact) mass is 280 g/mol. The molecule has 0 bridgehead atoms. The van der Waals surface area contributed by atoms with Gasteiger partial charge in [0.15, 0.2) is 0 Å². The second-order valence-corrected chi connectivity index (χ2v) is 6.15. The molecule has 1 fully saturated rings. The highest BCUT2D eigenvalue weighted by atomic mass is 15.2. The molecule has 0 atom stereocenters. The van der Waals surface area contributed by atoms with Crippen LogP contribution >= 0.6 is 0 Å². The van der Waals surface area contributed by atoms with Crippen molar-refractivity contribution in [2.45, 2.75) is 13.5 Å². The summed E-state index contributed by atoms with van der Waals surface area (Å²) in [6, 6.07) is 17.8. The fourth-order valence-corrected chi connectivity index (χ4v) is 2.86. The summed E-state index contributed by atoms with van der Waals surface area (Å²) in [7, 11) is 2.20. The van der Waals surface area contributed by atoms with Crippen molar-refractivity contribution in [1.29, 1.82) is 0 Å². The Hall–Kier alpha value is -1.64. The van der Waals surface area contributed by atoms with Crippen molar-refractivity contribution in [2.75, 3.05) is 33.2 Å². The Kier molecular flexibility index (Phi) is 4.37. The summed E-state index contributed by atoms with van der Waals surface area (Å²) in [4.78, 5) is 4.95. The van der Waals surface area contributed by atoms with Gasteiger partial charge in [-0.25, -0.2) is 0 Å². The summed E-state index contributed by atoms with van der Waals surface area (Å²) in [6.45, 7) is 7.90. The van der Waals surface area contributed by atoms with Crippen LogP contribution in [-0.4, -0.2) is 43.0 Å². The summed E-state index contributed by atoms with van der Waals surface area (Å²) >= 11 is 0. The highest BCUT2D eigenvalue weighted by molar-refractivity contribution is 5.64. The number of piperazine rings is 1. The Bertz CT molecular complexity index is 581. The Morgan fingerprint density at radius 2 is 1.57 bits per heavy atom. The van der Waals surface area contributed by atoms with Crippen molar-refractivity contribution < 1.29 is 0 Å². The standard InChI is InChI=1S/C19H24N2/c1-16-6-8-18(9-7-16)19-5-3-4-17(14-19)15-21-12-10-20(2)11-13-21/h3-9,14H,10-13,15H2,1-2H3. The van der Waals surface area contributed by atoms with Crippen LogP contribution in [0.15, 0.2) is 48.5 Å². The summed E-state index contributed by atoms with van der Waals surface area (Å²) < 4.78 is 0. The fraction of sp³-hybridized carbons (Fsp3) is 0.368. The highest BCUT2D eigenvalue weighted by Gasteiger charge is 2.13. The van der Waals surface area contributed by atoms with Crippen molar-refractivity contribution in [3.05, 3.63) is 59.7 Å². The van der Waals surface area contributed by atoms with Gasteiger partial charge in [0.25, 0.3) is 0 Å². The summed E-state index contributed by atoms with van der Waals surface area (Å²) in [5, 5.41) is 0. The number of aryl methyl sites for hydroxylation is 1. The maximum Gasteiger partial charge on any atom is 0.0235 e. The van der Waals surface area contributed by atoms with Crippen LogP contribution in [-0.2, 0) is 6.54 Å². The van der Waals surface area contributed by atoms with Crippen molar-refractivity contribution >= 4 is 0 Å². The molecule has 0 radical (unpaired) electrons. The van der Waals surface area contributed by atoms with Gasteiger partial charge in [-0.2, -0.15) is 0 Å². The molecule has 0 N–H and O–H groups in total. The van der Waals surface area contributed by atoms with Crippen molar-refractivity contribution in [3.63, 3.8) is 0 Å². The first kappa shape index (κ1) is 14.3. The molecule has 0 aliphatic carbocycles. The zero-order valence-electron chi connectivity index (χ0n) is 13.0. The predicted octanol–water partition coefficient (Wildman–Crippen LogP) is 3.41. The van der Waals surface area contributed by atoms with Crippen LogP contribution in [0.5, 0.6) is 0 Å². The minimum atomic E-state index is 1.06. The van der Waals surface area contributed by atoms with Crippen LogP contribution in [0.4, 0.5) is 0 Å². The van der Waals surface area contributed by atoms with Gasteiger partial charge in [-0.3, -0.25) is 4.90 Å². The van der Waals surface area contributed by atoms with Crippen LogP contribution in [0.1, 0.15) is 11.1 Å². The summed E-state index contributed by atoms with van der Waals surface area (Å²) in [5.41, 5.74) is 5.35. The van der Waals surface area contributed by atoms with Gasteiger partial charge in [0.1, 0.15) is 0 Å². The number of hydrogen-bond donors (Lipinski definition) is 0. The van der Waals surface area contributed by atoms with E-state index in [2.05, 4.69) is 72.3 Å². The molecule has 2 nitrogen and oxygen atoms in total. The minimum Gasteiger partial charge on any atom is -0.304 e. The van der Waals surface area contributed by atoms with Gasteiger partial charge in [-0.1, -0.05) is 48.0 Å². The fourth-order valence-electron chi connectivity index (χ4n) is 2.86. The zero-order valence-corrected chi connectivity index (χ0v) is 13.0. The third-order valence-corrected chi connectivity index (χ3v) is 4.31. The molecule has 2 aromatic rings. The summed E-state index contributed by atoms with van der Waals surface area (Å²) in [5.74, 6) is 0. The van der Waals surface area contributed by atoms with Gasteiger partial charge in [0, 0.05) is 32.7 Å². The minimum absolute atomic E-state index is 1.06. The largest absolute Gasteiger partial charge is 0.304 e. The Balaban J connectivity index is 1.72. The second kappa shape index (κ2) is 6.42. The molecule has 0 aromatic heterocycles. The van der Waals surface area contributed by atoms with Crippen molar-refractivity contribution in [1.82, 2.24) is 9.80 Å². The number of rotatable bonds is 3. The third kappa shape index (κ3) is 3.72. The van der Waals surface area contributed by atoms with Gasteiger partial charge in [0.2, 0.25) is 0 Å². The van der Waals surface area contributed by atoms with Gasteiger partial charge >= 0.3 is 0 Å². The zero-order chi connectivity index (χ0) is 14.7. The lowest BCUT2D eigenvalue weighted by atomic mass is 10.0. The van der Waals surface area contributed by atoms with E-state index in [-0.39, 0.29) is 0 Å². The number of nitrogens with zero attached hydrogens (tertiary/aromatic N) is 2. The topological polar surface area (TPSA) is 6.48 Å². The lowest BCUT2D eigenvalue weighted by Gasteiger charge is -2.32. The van der Waals surface area contributed by atoms with E-state index in [9.17, 15) is 0 Å². The first-order chi connectivity index (χ1) is 10.2. The van der Waals surface area contributed by atoms with Crippen LogP contribution in [0.25, 0.3) is 11.1 Å². The molecule has 110 valence electrons. The SMILES string of the molecule is Cc1ccc(-c2cccc(CN3CCN(C)CC3)c2)cc1. The van der Waals surface area contributed by atoms with Crippen LogP contribution in [0.2, 0.25) is 0 Å². The molecular formula is C19H24N2. The smallest absolute Gasteiger partial charge is 0.0235 e. The molecule has 1 aliphatic heterocycles. The average Bonchev–Trinajstić information content (AvgIpc) is 2.51. The molecule has 2 aromatic carbocycles. The molecule has 0 amide bonds. The van der Waals surface area contributed by atoms with Crippen molar-refractivity contribution in [2.24, 2.45) is 0 Å². The molecule has 3 rings (SSSR count). The molecule has 2 heteroatoms. The number of likely N-dealkylation sites (N-methyl/N-ethyl adjacent to an activating group) is 1. The number of hydrogen-bond acceptors (Lipinski definition) is 2. The maximum absolute atomic E-state index is 2.55. The Labute approximate surface area is 128 Å². The van der Waals surface area contributed by atoms with Crippen LogP contribution < -0.4 is 0 Å². The highest BCUT2D eigenvalue weighted by Crippen LogP contribution is 2.21. The third-order valence-electron chi connectivity index (χ3n) is 4.31. The molecule has 1 heterocycles. The maximum atomic E-state index is 2.55. The van der Waals surface area contributed by atoms with Gasteiger partial charge in [0.05, 0.1) is 0 Å². The van der Waals surface area contributed by atoms with E-state index in [0.717, 1.165) is 6.54 Å². The van der Waals surface area contributed by atoms with Gasteiger partial charge in [-0.15, -0.1) is 0 Å². The van der Waals surface area contributed by atoms with E-state index in [1.165, 1.54) is 48.4 Å². The van der Waals surface area contributed by atoms with E-state index < -0.39 is 0 Å². The van der Waals surface area contributed by atoms with Crippen LogP contribution in [0, 0.1) is 6.92 Å². The lowest BCUT2D eigenvalue weighted by Crippen LogP contribution is -2.43. The first-order valence-corrected chi connectivity index (χ1v) is 7.77. The predicted molar refractivity (Wildman–Crippen MR) is 89.4 cm³/mol. The molecule has 1 aliphatic rings. The van der Waals surface area contributed by atoms with Crippen molar-refractivity contribution in [3.8, 4) is 11.1 Å². The second-order valence-electron chi connectivity index (χ2n) is 6.15. The normalized spacial score (nSPS) is 17.0. The van der Waals surface area contributed by atoms with Gasteiger partial charge < -0.3 is 4.90 Å². The first-order valence-electron chi connectivity index (χ1n) is 7.77. The average molecular weight is 280 g/mol. The van der Waals surface area contributed by atoms with Crippen LogP contribution in [0.3, 0.4) is 0 Å². The molecule has 0 saturated carbocycles. The van der Waals surface area contributed by atoms with E-state index in [1.54, 1.807) is 0 Å². The molecule has 0 unspecified atom stereocenters. The van der Waals surface area contributed by atoms with E-state index in [1.807, 2.05) is 0 Å². The van der Waals surface area contributed by atoms with E-state index >= 15 is 0 Å².